The van der Waals surface area contributed by atoms with Crippen LogP contribution in [0.2, 0.25) is 0 Å². The molecule has 0 aliphatic heterocycles. The lowest BCUT2D eigenvalue weighted by Gasteiger charge is -2.21. The Kier molecular flexibility index (Phi) is 2.46. The standard InChI is InChI=1S/C15H10F4/c1-8-6-9(16)7-12-13(8)10-4-2-3-5-11(10)15(12,19)14(17)18/h2-7,14H,1H3. The predicted molar refractivity (Wildman–Crippen MR) is 64.5 cm³/mol. The molecular weight excluding hydrogens is 256 g/mol. The molecule has 1 aliphatic rings. The van der Waals surface area contributed by atoms with Gasteiger partial charge in [-0.3, -0.25) is 0 Å². The Morgan fingerprint density at radius 1 is 1.05 bits per heavy atom. The molecule has 19 heavy (non-hydrogen) atoms. The molecule has 0 fully saturated rings. The zero-order valence-electron chi connectivity index (χ0n) is 10.1. The van der Waals surface area contributed by atoms with Gasteiger partial charge in [0.25, 0.3) is 6.43 Å². The van der Waals surface area contributed by atoms with Crippen molar-refractivity contribution in [2.24, 2.45) is 0 Å². The van der Waals surface area contributed by atoms with E-state index in [0.29, 0.717) is 16.7 Å². The van der Waals surface area contributed by atoms with Gasteiger partial charge in [-0.05, 0) is 35.7 Å². The molecule has 0 heterocycles. The van der Waals surface area contributed by atoms with Crippen LogP contribution in [-0.2, 0) is 5.67 Å². The summed E-state index contributed by atoms with van der Waals surface area (Å²) in [6, 6.07) is 8.18. The van der Waals surface area contributed by atoms with E-state index in [1.165, 1.54) is 18.2 Å². The van der Waals surface area contributed by atoms with Gasteiger partial charge in [0.15, 0.2) is 0 Å². The fourth-order valence-electron chi connectivity index (χ4n) is 2.79. The molecule has 1 unspecified atom stereocenters. The van der Waals surface area contributed by atoms with E-state index in [-0.39, 0.29) is 11.1 Å². The lowest BCUT2D eigenvalue weighted by atomic mass is 9.93. The first kappa shape index (κ1) is 12.2. The van der Waals surface area contributed by atoms with Crippen LogP contribution in [0.25, 0.3) is 11.1 Å². The maximum atomic E-state index is 14.9. The van der Waals surface area contributed by atoms with Crippen molar-refractivity contribution in [1.82, 2.24) is 0 Å². The monoisotopic (exact) mass is 266 g/mol. The number of aryl methyl sites for hydroxylation is 1. The van der Waals surface area contributed by atoms with Crippen molar-refractivity contribution in [3.05, 3.63) is 58.9 Å². The Bertz CT molecular complexity index is 663. The van der Waals surface area contributed by atoms with Gasteiger partial charge in [-0.25, -0.2) is 17.6 Å². The fraction of sp³-hybridized carbons (Fsp3) is 0.200. The number of halogens is 4. The summed E-state index contributed by atoms with van der Waals surface area (Å²) in [6.45, 7) is 1.59. The minimum absolute atomic E-state index is 0.0892. The Hall–Kier alpha value is -1.84. The maximum absolute atomic E-state index is 14.9. The van der Waals surface area contributed by atoms with Gasteiger partial charge in [0.05, 0.1) is 0 Å². The largest absolute Gasteiger partial charge is 0.280 e. The van der Waals surface area contributed by atoms with E-state index in [2.05, 4.69) is 0 Å². The number of hydrogen-bond donors (Lipinski definition) is 0. The number of fused-ring (bicyclic) bond motifs is 3. The summed E-state index contributed by atoms with van der Waals surface area (Å²) < 4.78 is 54.8. The van der Waals surface area contributed by atoms with Crippen molar-refractivity contribution in [2.45, 2.75) is 19.0 Å². The van der Waals surface area contributed by atoms with Gasteiger partial charge in [0, 0.05) is 11.1 Å². The molecule has 0 aromatic heterocycles. The summed E-state index contributed by atoms with van der Waals surface area (Å²) in [4.78, 5) is 0. The molecule has 4 heteroatoms. The second-order valence-electron chi connectivity index (χ2n) is 4.70. The topological polar surface area (TPSA) is 0 Å². The number of benzene rings is 2. The third kappa shape index (κ3) is 1.46. The lowest BCUT2D eigenvalue weighted by Crippen LogP contribution is -2.28. The van der Waals surface area contributed by atoms with Crippen LogP contribution in [0.1, 0.15) is 16.7 Å². The van der Waals surface area contributed by atoms with Crippen molar-refractivity contribution in [3.8, 4) is 11.1 Å². The van der Waals surface area contributed by atoms with Crippen LogP contribution < -0.4 is 0 Å². The van der Waals surface area contributed by atoms with Crippen LogP contribution >= 0.6 is 0 Å². The summed E-state index contributed by atoms with van der Waals surface area (Å²) in [6.07, 6.45) is -3.24. The minimum atomic E-state index is -3.24. The van der Waals surface area contributed by atoms with Gasteiger partial charge in [-0.2, -0.15) is 0 Å². The molecule has 2 aromatic carbocycles. The summed E-state index contributed by atoms with van der Waals surface area (Å²) >= 11 is 0. The third-order valence-electron chi connectivity index (χ3n) is 3.58. The molecular formula is C15H10F4. The lowest BCUT2D eigenvalue weighted by molar-refractivity contribution is -0.00734. The molecule has 0 N–H and O–H groups in total. The molecule has 0 amide bonds. The van der Waals surface area contributed by atoms with Gasteiger partial charge in [-0.1, -0.05) is 24.3 Å². The molecule has 3 rings (SSSR count). The van der Waals surface area contributed by atoms with E-state index >= 15 is 0 Å². The average molecular weight is 266 g/mol. The third-order valence-corrected chi connectivity index (χ3v) is 3.58. The van der Waals surface area contributed by atoms with E-state index in [1.54, 1.807) is 19.1 Å². The second kappa shape index (κ2) is 3.83. The van der Waals surface area contributed by atoms with Gasteiger partial charge < -0.3 is 0 Å². The molecule has 0 radical (unpaired) electrons. The molecule has 98 valence electrons. The highest BCUT2D eigenvalue weighted by atomic mass is 19.3. The van der Waals surface area contributed by atoms with Crippen molar-refractivity contribution >= 4 is 0 Å². The Morgan fingerprint density at radius 3 is 2.42 bits per heavy atom. The predicted octanol–water partition coefficient (Wildman–Crippen LogP) is 4.59. The van der Waals surface area contributed by atoms with Gasteiger partial charge in [0.1, 0.15) is 5.82 Å². The molecule has 2 aromatic rings. The molecule has 0 bridgehead atoms. The Morgan fingerprint density at radius 2 is 1.74 bits per heavy atom. The first-order valence-electron chi connectivity index (χ1n) is 5.84. The first-order chi connectivity index (χ1) is 8.96. The second-order valence-corrected chi connectivity index (χ2v) is 4.70. The number of rotatable bonds is 1. The molecule has 1 aliphatic carbocycles. The number of alkyl halides is 3. The molecule has 0 saturated heterocycles. The van der Waals surface area contributed by atoms with Crippen LogP contribution in [0, 0.1) is 12.7 Å². The molecule has 0 nitrogen and oxygen atoms in total. The molecule has 1 atom stereocenters. The fourth-order valence-corrected chi connectivity index (χ4v) is 2.79. The summed E-state index contributed by atoms with van der Waals surface area (Å²) in [5.41, 5.74) is -2.05. The van der Waals surface area contributed by atoms with Gasteiger partial charge >= 0.3 is 0 Å². The average Bonchev–Trinajstić information content (AvgIpc) is 2.61. The highest BCUT2D eigenvalue weighted by molar-refractivity contribution is 5.82. The molecule has 0 saturated carbocycles. The van der Waals surface area contributed by atoms with E-state index in [4.69, 9.17) is 0 Å². The van der Waals surface area contributed by atoms with Crippen molar-refractivity contribution in [3.63, 3.8) is 0 Å². The zero-order valence-corrected chi connectivity index (χ0v) is 10.1. The van der Waals surface area contributed by atoms with Crippen LogP contribution in [0.3, 0.4) is 0 Å². The maximum Gasteiger partial charge on any atom is 0.280 e. The van der Waals surface area contributed by atoms with Gasteiger partial charge in [-0.15, -0.1) is 0 Å². The van der Waals surface area contributed by atoms with Crippen molar-refractivity contribution < 1.29 is 17.6 Å². The van der Waals surface area contributed by atoms with Crippen molar-refractivity contribution in [1.29, 1.82) is 0 Å². The minimum Gasteiger partial charge on any atom is -0.227 e. The van der Waals surface area contributed by atoms with Crippen LogP contribution in [0.4, 0.5) is 17.6 Å². The highest BCUT2D eigenvalue weighted by Crippen LogP contribution is 2.53. The first-order valence-corrected chi connectivity index (χ1v) is 5.84. The van der Waals surface area contributed by atoms with E-state index in [1.807, 2.05) is 0 Å². The Balaban J connectivity index is 2.44. The quantitative estimate of drug-likeness (QED) is 0.662. The molecule has 0 spiro atoms. The highest BCUT2D eigenvalue weighted by Gasteiger charge is 2.51. The summed E-state index contributed by atoms with van der Waals surface area (Å²) in [5.74, 6) is -0.702. The van der Waals surface area contributed by atoms with Crippen LogP contribution in [0.5, 0.6) is 0 Å². The smallest absolute Gasteiger partial charge is 0.227 e. The normalized spacial score (nSPS) is 20.5. The van der Waals surface area contributed by atoms with Crippen LogP contribution in [0.15, 0.2) is 36.4 Å². The summed E-state index contributed by atoms with van der Waals surface area (Å²) in [7, 11) is 0. The van der Waals surface area contributed by atoms with Gasteiger partial charge in [0.2, 0.25) is 5.67 Å². The zero-order chi connectivity index (χ0) is 13.8. The van der Waals surface area contributed by atoms with E-state index in [9.17, 15) is 17.6 Å². The number of hydrogen-bond acceptors (Lipinski definition) is 0. The SMILES string of the molecule is Cc1cc(F)cc2c1-c1ccccc1C2(F)C(F)F. The van der Waals surface area contributed by atoms with E-state index < -0.39 is 17.9 Å². The summed E-state index contributed by atoms with van der Waals surface area (Å²) in [5, 5.41) is 0. The van der Waals surface area contributed by atoms with Crippen LogP contribution in [-0.4, -0.2) is 6.43 Å². The van der Waals surface area contributed by atoms with E-state index in [0.717, 1.165) is 6.07 Å². The van der Waals surface area contributed by atoms with Crippen molar-refractivity contribution in [2.75, 3.05) is 0 Å². The Labute approximate surface area is 107 Å².